The highest BCUT2D eigenvalue weighted by molar-refractivity contribution is 6.11. The first kappa shape index (κ1) is 12.0. The molecule has 0 saturated carbocycles. The van der Waals surface area contributed by atoms with E-state index in [2.05, 4.69) is 16.6 Å². The van der Waals surface area contributed by atoms with Gasteiger partial charge in [-0.05, 0) is 11.5 Å². The molecule has 0 fully saturated rings. The molecule has 0 amide bonds. The second-order valence-electron chi connectivity index (χ2n) is 2.97. The van der Waals surface area contributed by atoms with Crippen molar-refractivity contribution in [3.8, 4) is 11.8 Å². The summed E-state index contributed by atoms with van der Waals surface area (Å²) in [6.07, 6.45) is 0. The molecule has 0 unspecified atom stereocenters. The molecule has 16 heavy (non-hydrogen) atoms. The normalized spacial score (nSPS) is 8.88. The zero-order valence-electron chi connectivity index (χ0n) is 8.82. The molecule has 0 aromatic heterocycles. The van der Waals surface area contributed by atoms with Crippen molar-refractivity contribution in [1.29, 1.82) is 0 Å². The maximum absolute atomic E-state index is 11.5. The van der Waals surface area contributed by atoms with Crippen LogP contribution < -0.4 is 5.73 Å². The van der Waals surface area contributed by atoms with E-state index in [9.17, 15) is 9.59 Å². The molecular formula is C12H11NO3. The number of rotatable bonds is 2. The highest BCUT2D eigenvalue weighted by atomic mass is 16.5. The fourth-order valence-corrected chi connectivity index (χ4v) is 1.02. The van der Waals surface area contributed by atoms with E-state index in [-0.39, 0.29) is 0 Å². The van der Waals surface area contributed by atoms with E-state index >= 15 is 0 Å². The van der Waals surface area contributed by atoms with Gasteiger partial charge in [-0.1, -0.05) is 24.3 Å². The van der Waals surface area contributed by atoms with Gasteiger partial charge in [0.15, 0.2) is 0 Å². The smallest absolute Gasteiger partial charge is 0.384 e. The first-order valence-corrected chi connectivity index (χ1v) is 4.60. The van der Waals surface area contributed by atoms with E-state index in [4.69, 9.17) is 5.73 Å². The molecule has 1 aromatic carbocycles. The second kappa shape index (κ2) is 5.69. The molecule has 0 bridgehead atoms. The summed E-state index contributed by atoms with van der Waals surface area (Å²) in [7, 11) is 1.21. The van der Waals surface area contributed by atoms with E-state index in [0.29, 0.717) is 12.1 Å². The fourth-order valence-electron chi connectivity index (χ4n) is 1.02. The molecule has 0 aliphatic rings. The Bertz CT molecular complexity index is 451. The number of nitrogens with two attached hydrogens (primary N) is 1. The molecule has 82 valence electrons. The number of esters is 1. The summed E-state index contributed by atoms with van der Waals surface area (Å²) in [4.78, 5) is 22.1. The molecule has 0 saturated heterocycles. The number of Topliss-reactive ketones (excluding diaryl/α,β-unsaturated/α-hetero) is 1. The standard InChI is InChI=1S/C12H11NO3/c1-16-12(15)7-6-11(14)10-4-2-9(8-13)3-5-10/h2-5H,8,13H2,1H3. The van der Waals surface area contributed by atoms with Gasteiger partial charge in [-0.15, -0.1) is 0 Å². The Morgan fingerprint density at radius 3 is 2.38 bits per heavy atom. The Morgan fingerprint density at radius 1 is 1.25 bits per heavy atom. The molecule has 4 nitrogen and oxygen atoms in total. The van der Waals surface area contributed by atoms with Crippen molar-refractivity contribution in [2.24, 2.45) is 5.73 Å². The minimum Gasteiger partial charge on any atom is -0.459 e. The molecule has 0 aliphatic carbocycles. The zero-order chi connectivity index (χ0) is 12.0. The summed E-state index contributed by atoms with van der Waals surface area (Å²) in [6.45, 7) is 0.419. The van der Waals surface area contributed by atoms with Crippen LogP contribution >= 0.6 is 0 Å². The maximum atomic E-state index is 11.5. The predicted molar refractivity (Wildman–Crippen MR) is 58.5 cm³/mol. The van der Waals surface area contributed by atoms with Gasteiger partial charge in [-0.25, -0.2) is 4.79 Å². The second-order valence-corrected chi connectivity index (χ2v) is 2.97. The summed E-state index contributed by atoms with van der Waals surface area (Å²) in [6, 6.07) is 6.73. The third-order valence-corrected chi connectivity index (χ3v) is 1.92. The number of benzene rings is 1. The van der Waals surface area contributed by atoms with Gasteiger partial charge in [0.1, 0.15) is 0 Å². The summed E-state index contributed by atoms with van der Waals surface area (Å²) >= 11 is 0. The molecule has 4 heteroatoms. The summed E-state index contributed by atoms with van der Waals surface area (Å²) in [5, 5.41) is 0. The summed E-state index contributed by atoms with van der Waals surface area (Å²) in [5.74, 6) is 3.11. The van der Waals surface area contributed by atoms with Gasteiger partial charge in [0.25, 0.3) is 0 Å². The average molecular weight is 217 g/mol. The van der Waals surface area contributed by atoms with Crippen LogP contribution in [0.3, 0.4) is 0 Å². The fraction of sp³-hybridized carbons (Fsp3) is 0.167. The van der Waals surface area contributed by atoms with Crippen molar-refractivity contribution < 1.29 is 14.3 Å². The SMILES string of the molecule is COC(=O)C#CC(=O)c1ccc(CN)cc1. The van der Waals surface area contributed by atoms with Crippen LogP contribution in [-0.2, 0) is 16.1 Å². The largest absolute Gasteiger partial charge is 0.459 e. The van der Waals surface area contributed by atoms with Gasteiger partial charge < -0.3 is 10.5 Å². The van der Waals surface area contributed by atoms with Gasteiger partial charge in [0.05, 0.1) is 7.11 Å². The van der Waals surface area contributed by atoms with Crippen LogP contribution in [0.5, 0.6) is 0 Å². The van der Waals surface area contributed by atoms with Gasteiger partial charge in [0.2, 0.25) is 5.78 Å². The molecule has 1 rings (SSSR count). The van der Waals surface area contributed by atoms with Crippen molar-refractivity contribution in [2.45, 2.75) is 6.54 Å². The third kappa shape index (κ3) is 3.23. The zero-order valence-corrected chi connectivity index (χ0v) is 8.82. The molecule has 0 radical (unpaired) electrons. The minimum absolute atomic E-state index is 0.419. The number of carbonyl (C=O) groups excluding carboxylic acids is 2. The van der Waals surface area contributed by atoms with Crippen LogP contribution in [0, 0.1) is 11.8 Å². The topological polar surface area (TPSA) is 69.4 Å². The van der Waals surface area contributed by atoms with Gasteiger partial charge in [0, 0.05) is 18.0 Å². The van der Waals surface area contributed by atoms with Gasteiger partial charge >= 0.3 is 5.97 Å². The van der Waals surface area contributed by atoms with E-state index in [1.807, 2.05) is 0 Å². The number of hydrogen-bond acceptors (Lipinski definition) is 4. The van der Waals surface area contributed by atoms with Crippen molar-refractivity contribution in [3.05, 3.63) is 35.4 Å². The summed E-state index contributed by atoms with van der Waals surface area (Å²) < 4.78 is 4.29. The predicted octanol–water partition coefficient (Wildman–Crippen LogP) is 0.504. The quantitative estimate of drug-likeness (QED) is 0.257. The van der Waals surface area contributed by atoms with Crippen LogP contribution in [-0.4, -0.2) is 18.9 Å². The molecule has 1 aromatic rings. The molecule has 0 aliphatic heterocycles. The number of hydrogen-bond donors (Lipinski definition) is 1. The van der Waals surface area contributed by atoms with Crippen molar-refractivity contribution in [1.82, 2.24) is 0 Å². The average Bonchev–Trinajstić information content (AvgIpc) is 2.35. The summed E-state index contributed by atoms with van der Waals surface area (Å²) in [5.41, 5.74) is 6.77. The third-order valence-electron chi connectivity index (χ3n) is 1.92. The monoisotopic (exact) mass is 217 g/mol. The maximum Gasteiger partial charge on any atom is 0.384 e. The van der Waals surface area contributed by atoms with Crippen LogP contribution in [0.2, 0.25) is 0 Å². The Balaban J connectivity index is 2.79. The number of ether oxygens (including phenoxy) is 1. The lowest BCUT2D eigenvalue weighted by atomic mass is 10.1. The molecule has 0 spiro atoms. The van der Waals surface area contributed by atoms with Gasteiger partial charge in [-0.2, -0.15) is 0 Å². The number of carbonyl (C=O) groups is 2. The highest BCUT2D eigenvalue weighted by Crippen LogP contribution is 2.04. The van der Waals surface area contributed by atoms with E-state index in [1.165, 1.54) is 7.11 Å². The van der Waals surface area contributed by atoms with E-state index in [1.54, 1.807) is 24.3 Å². The lowest BCUT2D eigenvalue weighted by molar-refractivity contribution is -0.133. The van der Waals surface area contributed by atoms with Gasteiger partial charge in [-0.3, -0.25) is 4.79 Å². The lowest BCUT2D eigenvalue weighted by Gasteiger charge is -1.97. The molecule has 0 atom stereocenters. The Kier molecular flexibility index (Phi) is 4.25. The number of ketones is 1. The van der Waals surface area contributed by atoms with Crippen molar-refractivity contribution in [3.63, 3.8) is 0 Å². The lowest BCUT2D eigenvalue weighted by Crippen LogP contribution is -2.00. The van der Waals surface area contributed by atoms with Crippen LogP contribution in [0.1, 0.15) is 15.9 Å². The van der Waals surface area contributed by atoms with Crippen LogP contribution in [0.25, 0.3) is 0 Å². The Hall–Kier alpha value is -2.12. The van der Waals surface area contributed by atoms with Crippen molar-refractivity contribution in [2.75, 3.05) is 7.11 Å². The Morgan fingerprint density at radius 2 is 1.88 bits per heavy atom. The van der Waals surface area contributed by atoms with E-state index in [0.717, 1.165) is 5.56 Å². The van der Waals surface area contributed by atoms with Crippen LogP contribution in [0.4, 0.5) is 0 Å². The van der Waals surface area contributed by atoms with E-state index < -0.39 is 11.8 Å². The molecular weight excluding hydrogens is 206 g/mol. The molecule has 2 N–H and O–H groups in total. The first-order valence-electron chi connectivity index (χ1n) is 4.60. The minimum atomic E-state index is -0.730. The molecule has 0 heterocycles. The first-order chi connectivity index (χ1) is 7.67. The number of methoxy groups -OCH3 is 1. The van der Waals surface area contributed by atoms with Crippen molar-refractivity contribution >= 4 is 11.8 Å². The highest BCUT2D eigenvalue weighted by Gasteiger charge is 2.02. The van der Waals surface area contributed by atoms with Crippen LogP contribution in [0.15, 0.2) is 24.3 Å². The Labute approximate surface area is 93.4 Å².